The number of ether oxygens (including phenoxy) is 1. The van der Waals surface area contributed by atoms with E-state index in [1.807, 2.05) is 26.0 Å². The Balaban J connectivity index is 2.63. The van der Waals surface area contributed by atoms with E-state index >= 15 is 0 Å². The molecule has 0 aliphatic rings. The molecule has 0 heterocycles. The van der Waals surface area contributed by atoms with Crippen LogP contribution in [0.4, 0.5) is 0 Å². The fraction of sp³-hybridized carbons (Fsp3) is 0.312. The average Bonchev–Trinajstić information content (AvgIpc) is 2.36. The first-order chi connectivity index (χ1) is 9.36. The molecule has 0 bridgehead atoms. The highest BCUT2D eigenvalue weighted by atomic mass is 16.5. The Hall–Kier alpha value is -2.23. The van der Waals surface area contributed by atoms with Gasteiger partial charge in [-0.25, -0.2) is 0 Å². The maximum absolute atomic E-state index is 11.0. The number of carbonyl (C=O) groups is 1. The van der Waals surface area contributed by atoms with Crippen LogP contribution in [0.3, 0.4) is 0 Å². The summed E-state index contributed by atoms with van der Waals surface area (Å²) in [5.74, 6) is -0.0896. The lowest BCUT2D eigenvalue weighted by atomic mass is 9.80. The molecule has 2 N–H and O–H groups in total. The minimum Gasteiger partial charge on any atom is -0.507 e. The molecule has 2 aromatic rings. The predicted molar refractivity (Wildman–Crippen MR) is 77.4 cm³/mol. The third-order valence-corrected chi connectivity index (χ3v) is 3.54. The number of carboxylic acids is 1. The summed E-state index contributed by atoms with van der Waals surface area (Å²) in [4.78, 5) is 11.0. The molecule has 4 nitrogen and oxygen atoms in total. The summed E-state index contributed by atoms with van der Waals surface area (Å²) >= 11 is 0. The maximum atomic E-state index is 11.0. The first-order valence-corrected chi connectivity index (χ1v) is 6.38. The summed E-state index contributed by atoms with van der Waals surface area (Å²) in [7, 11) is 1.58. The number of phenols is 1. The van der Waals surface area contributed by atoms with E-state index in [1.165, 1.54) is 0 Å². The van der Waals surface area contributed by atoms with E-state index in [4.69, 9.17) is 9.84 Å². The van der Waals surface area contributed by atoms with Gasteiger partial charge >= 0.3 is 5.97 Å². The zero-order chi connectivity index (χ0) is 14.9. The zero-order valence-corrected chi connectivity index (χ0v) is 11.8. The van der Waals surface area contributed by atoms with Crippen LogP contribution >= 0.6 is 0 Å². The summed E-state index contributed by atoms with van der Waals surface area (Å²) < 4.78 is 5.27. The number of aliphatic carboxylic acids is 1. The Bertz CT molecular complexity index is 659. The Morgan fingerprint density at radius 3 is 2.50 bits per heavy atom. The number of phenolic OH excluding ortho intramolecular Hbond substituents is 1. The molecular weight excluding hydrogens is 256 g/mol. The fourth-order valence-electron chi connectivity index (χ4n) is 2.51. The third-order valence-electron chi connectivity index (χ3n) is 3.54. The quantitative estimate of drug-likeness (QED) is 0.897. The lowest BCUT2D eigenvalue weighted by Crippen LogP contribution is -2.21. The van der Waals surface area contributed by atoms with Gasteiger partial charge in [0.2, 0.25) is 0 Å². The molecule has 20 heavy (non-hydrogen) atoms. The van der Waals surface area contributed by atoms with Crippen molar-refractivity contribution in [3.8, 4) is 11.5 Å². The second-order valence-corrected chi connectivity index (χ2v) is 5.47. The van der Waals surface area contributed by atoms with Gasteiger partial charge in [-0.05, 0) is 6.07 Å². The molecule has 0 aliphatic carbocycles. The van der Waals surface area contributed by atoms with Crippen molar-refractivity contribution >= 4 is 16.7 Å². The SMILES string of the molecule is COc1cccc2c(O)c(C(C)(C)CC(=O)O)ccc12. The van der Waals surface area contributed by atoms with Gasteiger partial charge in [0.1, 0.15) is 11.5 Å². The van der Waals surface area contributed by atoms with E-state index in [0.717, 1.165) is 5.39 Å². The van der Waals surface area contributed by atoms with Crippen molar-refractivity contribution in [2.24, 2.45) is 0 Å². The van der Waals surface area contributed by atoms with Crippen LogP contribution in [-0.2, 0) is 10.2 Å². The van der Waals surface area contributed by atoms with Crippen molar-refractivity contribution in [3.05, 3.63) is 35.9 Å². The Labute approximate surface area is 117 Å². The number of methoxy groups -OCH3 is 1. The van der Waals surface area contributed by atoms with Gasteiger partial charge in [0.25, 0.3) is 0 Å². The lowest BCUT2D eigenvalue weighted by molar-refractivity contribution is -0.138. The maximum Gasteiger partial charge on any atom is 0.304 e. The molecule has 0 aromatic heterocycles. The number of fused-ring (bicyclic) bond motifs is 1. The summed E-state index contributed by atoms with van der Waals surface area (Å²) in [5, 5.41) is 20.9. The smallest absolute Gasteiger partial charge is 0.304 e. The van der Waals surface area contributed by atoms with E-state index < -0.39 is 11.4 Å². The highest BCUT2D eigenvalue weighted by Gasteiger charge is 2.28. The van der Waals surface area contributed by atoms with Crippen molar-refractivity contribution in [3.63, 3.8) is 0 Å². The molecule has 0 fully saturated rings. The molecule has 2 rings (SSSR count). The van der Waals surface area contributed by atoms with Gasteiger partial charge in [-0.3, -0.25) is 4.79 Å². The van der Waals surface area contributed by atoms with E-state index in [9.17, 15) is 9.90 Å². The highest BCUT2D eigenvalue weighted by molar-refractivity contribution is 5.94. The minimum absolute atomic E-state index is 0.0456. The topological polar surface area (TPSA) is 66.8 Å². The van der Waals surface area contributed by atoms with Gasteiger partial charge in [0.05, 0.1) is 13.5 Å². The number of hydrogen-bond acceptors (Lipinski definition) is 3. The molecule has 0 unspecified atom stereocenters. The highest BCUT2D eigenvalue weighted by Crippen LogP contribution is 2.40. The van der Waals surface area contributed by atoms with E-state index in [0.29, 0.717) is 16.7 Å². The molecule has 106 valence electrons. The normalized spacial score (nSPS) is 11.6. The molecular formula is C16H18O4. The van der Waals surface area contributed by atoms with Crippen LogP contribution in [0.15, 0.2) is 30.3 Å². The standard InChI is InChI=1S/C16H18O4/c1-16(2,9-14(17)18)12-8-7-10-11(15(12)19)5-4-6-13(10)20-3/h4-8,19H,9H2,1-3H3,(H,17,18). The monoisotopic (exact) mass is 274 g/mol. The van der Waals surface area contributed by atoms with Gasteiger partial charge < -0.3 is 14.9 Å². The van der Waals surface area contributed by atoms with Crippen LogP contribution in [-0.4, -0.2) is 23.3 Å². The van der Waals surface area contributed by atoms with Crippen molar-refractivity contribution in [2.75, 3.05) is 7.11 Å². The molecule has 0 saturated heterocycles. The molecule has 0 amide bonds. The predicted octanol–water partition coefficient (Wildman–Crippen LogP) is 3.31. The minimum atomic E-state index is -0.889. The summed E-state index contributed by atoms with van der Waals surface area (Å²) in [5.41, 5.74) is -0.0200. The van der Waals surface area contributed by atoms with Crippen LogP contribution in [0.2, 0.25) is 0 Å². The second-order valence-electron chi connectivity index (χ2n) is 5.47. The molecule has 2 aromatic carbocycles. The van der Waals surface area contributed by atoms with Gasteiger partial charge in [-0.1, -0.05) is 38.1 Å². The average molecular weight is 274 g/mol. The molecule has 4 heteroatoms. The summed E-state index contributed by atoms with van der Waals surface area (Å²) in [6.45, 7) is 3.62. The Morgan fingerprint density at radius 1 is 1.20 bits per heavy atom. The number of aromatic hydroxyl groups is 1. The third kappa shape index (κ3) is 2.41. The van der Waals surface area contributed by atoms with Gasteiger partial charge in [0.15, 0.2) is 0 Å². The molecule has 0 saturated carbocycles. The van der Waals surface area contributed by atoms with Crippen LogP contribution in [0, 0.1) is 0 Å². The van der Waals surface area contributed by atoms with Crippen LogP contribution in [0.25, 0.3) is 10.8 Å². The van der Waals surface area contributed by atoms with E-state index in [-0.39, 0.29) is 12.2 Å². The summed E-state index contributed by atoms with van der Waals surface area (Å²) in [6.07, 6.45) is -0.0456. The van der Waals surface area contributed by atoms with Crippen molar-refractivity contribution < 1.29 is 19.7 Å². The van der Waals surface area contributed by atoms with Crippen LogP contribution < -0.4 is 4.74 Å². The Morgan fingerprint density at radius 2 is 1.90 bits per heavy atom. The molecule has 0 spiro atoms. The number of rotatable bonds is 4. The molecule has 0 aliphatic heterocycles. The first kappa shape index (κ1) is 14.2. The number of hydrogen-bond donors (Lipinski definition) is 2. The van der Waals surface area contributed by atoms with Crippen LogP contribution in [0.1, 0.15) is 25.8 Å². The number of benzene rings is 2. The van der Waals surface area contributed by atoms with Crippen molar-refractivity contribution in [1.82, 2.24) is 0 Å². The summed E-state index contributed by atoms with van der Waals surface area (Å²) in [6, 6.07) is 9.04. The van der Waals surface area contributed by atoms with Crippen LogP contribution in [0.5, 0.6) is 11.5 Å². The molecule has 0 radical (unpaired) electrons. The number of carboxylic acid groups (broad SMARTS) is 1. The van der Waals surface area contributed by atoms with E-state index in [2.05, 4.69) is 0 Å². The zero-order valence-electron chi connectivity index (χ0n) is 11.8. The lowest BCUT2D eigenvalue weighted by Gasteiger charge is -2.25. The van der Waals surface area contributed by atoms with Gasteiger partial charge in [-0.15, -0.1) is 0 Å². The fourth-order valence-corrected chi connectivity index (χ4v) is 2.51. The molecule has 0 atom stereocenters. The van der Waals surface area contributed by atoms with E-state index in [1.54, 1.807) is 25.3 Å². The van der Waals surface area contributed by atoms with Crippen molar-refractivity contribution in [2.45, 2.75) is 25.7 Å². The van der Waals surface area contributed by atoms with Crippen molar-refractivity contribution in [1.29, 1.82) is 0 Å². The largest absolute Gasteiger partial charge is 0.507 e. The van der Waals surface area contributed by atoms with Gasteiger partial charge in [-0.2, -0.15) is 0 Å². The first-order valence-electron chi connectivity index (χ1n) is 6.38. The second kappa shape index (κ2) is 5.04. The Kier molecular flexibility index (Phi) is 3.57. The van der Waals surface area contributed by atoms with Gasteiger partial charge in [0, 0.05) is 21.8 Å².